The van der Waals surface area contributed by atoms with E-state index in [0.717, 1.165) is 0 Å². The number of ether oxygens (including phenoxy) is 4. The highest BCUT2D eigenvalue weighted by Crippen LogP contribution is 2.25. The largest absolute Gasteiger partial charge is 0.573 e. The van der Waals surface area contributed by atoms with Gasteiger partial charge in [-0.2, -0.15) is 0 Å². The topological polar surface area (TPSA) is 179 Å². The van der Waals surface area contributed by atoms with Crippen LogP contribution in [0, 0.1) is 20.2 Å². The van der Waals surface area contributed by atoms with Crippen molar-refractivity contribution in [3.8, 4) is 17.8 Å². The standard InChI is InChI=1S/C14H12F3N3O5.C6H7N3O4/c15-14(16,17)25-10-3-1-9(2-4-10)7-23-11-5-19-6-12(20(21)22)18-13(19)24-8-11;10-4-1-8-2-5(9(11)12)7-6(8)13-3-4/h1-4,6,11H,5,7-8H2;2,4,10H,1,3H2/t11-;4-/m00/s1. The molecule has 2 aromatic heterocycles. The Morgan fingerprint density at radius 1 is 0.974 bits per heavy atom. The van der Waals surface area contributed by atoms with Crippen LogP contribution in [0.3, 0.4) is 0 Å². The summed E-state index contributed by atoms with van der Waals surface area (Å²) >= 11 is 0. The molecule has 15 nitrogen and oxygen atoms in total. The van der Waals surface area contributed by atoms with Crippen LogP contribution in [0.2, 0.25) is 0 Å². The molecule has 0 unspecified atom stereocenters. The number of benzene rings is 1. The molecule has 2 aliphatic rings. The lowest BCUT2D eigenvalue weighted by atomic mass is 10.2. The van der Waals surface area contributed by atoms with E-state index >= 15 is 0 Å². The van der Waals surface area contributed by atoms with Crippen LogP contribution in [0.25, 0.3) is 0 Å². The number of nitro groups is 2. The minimum atomic E-state index is -4.73. The minimum absolute atomic E-state index is 0.133. The van der Waals surface area contributed by atoms with Crippen molar-refractivity contribution in [1.29, 1.82) is 0 Å². The second-order valence-electron chi connectivity index (χ2n) is 7.98. The highest BCUT2D eigenvalue weighted by atomic mass is 19.4. The van der Waals surface area contributed by atoms with Crippen LogP contribution >= 0.6 is 0 Å². The van der Waals surface area contributed by atoms with E-state index in [1.807, 2.05) is 0 Å². The second kappa shape index (κ2) is 10.9. The third-order valence-electron chi connectivity index (χ3n) is 5.08. The van der Waals surface area contributed by atoms with Gasteiger partial charge in [0, 0.05) is 9.97 Å². The molecule has 0 fully saturated rings. The summed E-state index contributed by atoms with van der Waals surface area (Å²) in [6.45, 7) is 1.06. The van der Waals surface area contributed by atoms with E-state index in [0.29, 0.717) is 12.1 Å². The molecule has 0 aliphatic carbocycles. The number of aliphatic hydroxyl groups is 1. The zero-order chi connectivity index (χ0) is 27.4. The molecule has 2 atom stereocenters. The lowest BCUT2D eigenvalue weighted by molar-refractivity contribution is -0.389. The molecule has 4 heterocycles. The monoisotopic (exact) mass is 544 g/mol. The Hall–Kier alpha value is -4.45. The van der Waals surface area contributed by atoms with Crippen molar-refractivity contribution in [2.75, 3.05) is 13.2 Å². The molecule has 18 heteroatoms. The maximum Gasteiger partial charge on any atom is 0.573 e. The number of hydrogen-bond acceptors (Lipinski definition) is 11. The number of nitrogens with zero attached hydrogens (tertiary/aromatic N) is 6. The summed E-state index contributed by atoms with van der Waals surface area (Å²) < 4.78 is 58.9. The van der Waals surface area contributed by atoms with Crippen molar-refractivity contribution >= 4 is 11.6 Å². The van der Waals surface area contributed by atoms with E-state index in [4.69, 9.17) is 19.3 Å². The summed E-state index contributed by atoms with van der Waals surface area (Å²) in [4.78, 5) is 27.1. The van der Waals surface area contributed by atoms with Gasteiger partial charge in [-0.1, -0.05) is 12.1 Å². The van der Waals surface area contributed by atoms with Gasteiger partial charge in [0.05, 0.1) is 19.7 Å². The zero-order valence-corrected chi connectivity index (χ0v) is 19.2. The Balaban J connectivity index is 0.000000216. The maximum atomic E-state index is 12.1. The van der Waals surface area contributed by atoms with Gasteiger partial charge in [-0.15, -0.1) is 13.2 Å². The summed E-state index contributed by atoms with van der Waals surface area (Å²) in [5.41, 5.74) is 0.650. The van der Waals surface area contributed by atoms with Gasteiger partial charge in [-0.25, -0.2) is 0 Å². The van der Waals surface area contributed by atoms with Crippen LogP contribution in [0.5, 0.6) is 17.8 Å². The number of fused-ring (bicyclic) bond motifs is 2. The van der Waals surface area contributed by atoms with E-state index in [2.05, 4.69) is 14.7 Å². The van der Waals surface area contributed by atoms with Gasteiger partial charge in [-0.05, 0) is 27.5 Å². The lowest BCUT2D eigenvalue weighted by Crippen LogP contribution is -2.32. The average Bonchev–Trinajstić information content (AvgIpc) is 3.47. The van der Waals surface area contributed by atoms with Crippen LogP contribution in [0.1, 0.15) is 5.56 Å². The number of alkyl halides is 3. The quantitative estimate of drug-likeness (QED) is 0.355. The Bertz CT molecular complexity index is 1290. The highest BCUT2D eigenvalue weighted by Gasteiger charge is 2.31. The molecule has 0 saturated carbocycles. The summed E-state index contributed by atoms with van der Waals surface area (Å²) in [7, 11) is 0. The molecule has 2 aliphatic heterocycles. The fourth-order valence-electron chi connectivity index (χ4n) is 3.43. The molecule has 0 radical (unpaired) electrons. The summed E-state index contributed by atoms with van der Waals surface area (Å²) in [5.74, 6) is -0.882. The molecule has 1 aromatic carbocycles. The van der Waals surface area contributed by atoms with Crippen LogP contribution < -0.4 is 14.2 Å². The van der Waals surface area contributed by atoms with Crippen LogP contribution in [0.15, 0.2) is 36.7 Å². The minimum Gasteiger partial charge on any atom is -0.443 e. The van der Waals surface area contributed by atoms with E-state index in [9.17, 15) is 33.4 Å². The van der Waals surface area contributed by atoms with Gasteiger partial charge in [0.2, 0.25) is 0 Å². The first-order valence-corrected chi connectivity index (χ1v) is 10.8. The van der Waals surface area contributed by atoms with Crippen LogP contribution in [-0.2, 0) is 24.4 Å². The Morgan fingerprint density at radius 3 is 2.08 bits per heavy atom. The Morgan fingerprint density at radius 2 is 1.53 bits per heavy atom. The number of hydrogen-bond donors (Lipinski definition) is 1. The highest BCUT2D eigenvalue weighted by molar-refractivity contribution is 5.27. The van der Waals surface area contributed by atoms with Gasteiger partial charge in [-0.3, -0.25) is 9.13 Å². The molecule has 3 aromatic rings. The van der Waals surface area contributed by atoms with E-state index < -0.39 is 22.3 Å². The maximum absolute atomic E-state index is 12.1. The predicted molar refractivity (Wildman–Crippen MR) is 116 cm³/mol. The smallest absolute Gasteiger partial charge is 0.443 e. The average molecular weight is 544 g/mol. The van der Waals surface area contributed by atoms with Gasteiger partial charge < -0.3 is 44.3 Å². The normalized spacial score (nSPS) is 18.1. The molecule has 38 heavy (non-hydrogen) atoms. The van der Waals surface area contributed by atoms with Crippen molar-refractivity contribution in [3.63, 3.8) is 0 Å². The number of halogens is 3. The summed E-state index contributed by atoms with van der Waals surface area (Å²) in [6, 6.07) is 5.65. The molecule has 5 rings (SSSR count). The van der Waals surface area contributed by atoms with Gasteiger partial charge in [0.15, 0.2) is 0 Å². The second-order valence-corrected chi connectivity index (χ2v) is 7.98. The molecule has 1 N–H and O–H groups in total. The predicted octanol–water partition coefficient (Wildman–Crippen LogP) is 2.21. The first-order chi connectivity index (χ1) is 18.0. The van der Waals surface area contributed by atoms with E-state index in [1.54, 1.807) is 0 Å². The number of rotatable bonds is 6. The van der Waals surface area contributed by atoms with Gasteiger partial charge in [0.1, 0.15) is 43.6 Å². The molecule has 0 bridgehead atoms. The molecule has 0 spiro atoms. The molecular formula is C20H19F3N6O9. The first-order valence-electron chi connectivity index (χ1n) is 10.8. The number of aromatic nitrogens is 4. The van der Waals surface area contributed by atoms with Crippen molar-refractivity contribution in [2.45, 2.75) is 38.3 Å². The lowest BCUT2D eigenvalue weighted by Gasteiger charge is -2.22. The Kier molecular flexibility index (Phi) is 7.62. The third kappa shape index (κ3) is 6.85. The van der Waals surface area contributed by atoms with Crippen molar-refractivity contribution in [2.24, 2.45) is 0 Å². The van der Waals surface area contributed by atoms with E-state index in [-0.39, 0.29) is 61.9 Å². The van der Waals surface area contributed by atoms with E-state index in [1.165, 1.54) is 45.8 Å². The third-order valence-corrected chi connectivity index (χ3v) is 5.08. The molecule has 0 saturated heterocycles. The molecular weight excluding hydrogens is 525 g/mol. The van der Waals surface area contributed by atoms with Gasteiger partial charge >= 0.3 is 30.0 Å². The number of imidazole rings is 2. The first kappa shape index (κ1) is 26.6. The summed E-state index contributed by atoms with van der Waals surface area (Å²) in [5, 5.41) is 30.2. The number of aliphatic hydroxyl groups excluding tert-OH is 1. The fourth-order valence-corrected chi connectivity index (χ4v) is 3.43. The fraction of sp³-hybridized carbons (Fsp3) is 0.400. The van der Waals surface area contributed by atoms with Crippen molar-refractivity contribution in [3.05, 3.63) is 62.5 Å². The SMILES string of the molecule is O=[N+]([O-])c1cn2c(n1)OC[C@@H](O)C2.O=[N+]([O-])c1cn2c(n1)OC[C@@H](OCc1ccc(OC(F)(F)F)cc1)C2. The van der Waals surface area contributed by atoms with Crippen molar-refractivity contribution < 1.29 is 47.1 Å². The van der Waals surface area contributed by atoms with Crippen LogP contribution in [0.4, 0.5) is 24.8 Å². The zero-order valence-electron chi connectivity index (χ0n) is 19.2. The van der Waals surface area contributed by atoms with Crippen molar-refractivity contribution in [1.82, 2.24) is 19.1 Å². The van der Waals surface area contributed by atoms with Gasteiger partial charge in [0.25, 0.3) is 0 Å². The van der Waals surface area contributed by atoms with Crippen LogP contribution in [-0.4, -0.2) is 65.8 Å². The summed E-state index contributed by atoms with van der Waals surface area (Å²) in [6.07, 6.45) is -3.22. The molecule has 204 valence electrons. The molecule has 0 amide bonds. The Labute approximate surface area is 210 Å².